The first kappa shape index (κ1) is 8.12. The highest BCUT2D eigenvalue weighted by molar-refractivity contribution is 7.13. The molecule has 5 heteroatoms. The Balaban J connectivity index is 2.73. The lowest BCUT2D eigenvalue weighted by atomic mass is 10.3. The van der Waals surface area contributed by atoms with Gasteiger partial charge < -0.3 is 9.36 Å². The molecule has 2 aromatic heterocycles. The minimum absolute atomic E-state index is 0.102. The lowest BCUT2D eigenvalue weighted by Gasteiger charge is -1.98. The number of carbonyl (C=O) groups excluding carboxylic acids is 1. The van der Waals surface area contributed by atoms with E-state index in [9.17, 15) is 9.59 Å². The second-order valence-corrected chi connectivity index (χ2v) is 3.38. The zero-order chi connectivity index (χ0) is 9.26. The molecule has 0 amide bonds. The Hall–Kier alpha value is -1.49. The van der Waals surface area contributed by atoms with Crippen molar-refractivity contribution >= 4 is 27.9 Å². The van der Waals surface area contributed by atoms with Crippen LogP contribution in [0.15, 0.2) is 23.3 Å². The lowest BCUT2D eigenvalue weighted by molar-refractivity contribution is -0.108. The third kappa shape index (κ3) is 1.27. The third-order valence-corrected chi connectivity index (χ3v) is 2.53. The molecule has 0 aliphatic carbocycles. The summed E-state index contributed by atoms with van der Waals surface area (Å²) in [5, 5.41) is 0.578. The van der Waals surface area contributed by atoms with Gasteiger partial charge in [-0.1, -0.05) is 0 Å². The standard InChI is InChI=1S/C8H6N2O2S/c11-4-3-10-2-1-7-6(8(10)12)5-9-13-7/h1-2,4-5H,3H2. The van der Waals surface area contributed by atoms with E-state index in [0.717, 1.165) is 4.70 Å². The van der Waals surface area contributed by atoms with Crippen LogP contribution in [0.1, 0.15) is 0 Å². The topological polar surface area (TPSA) is 52.0 Å². The first-order valence-electron chi connectivity index (χ1n) is 3.70. The fourth-order valence-electron chi connectivity index (χ4n) is 1.13. The molecule has 13 heavy (non-hydrogen) atoms. The number of fused-ring (bicyclic) bond motifs is 1. The van der Waals surface area contributed by atoms with Crippen LogP contribution in [-0.4, -0.2) is 15.2 Å². The van der Waals surface area contributed by atoms with Crippen LogP contribution in [0.3, 0.4) is 0 Å². The van der Waals surface area contributed by atoms with E-state index >= 15 is 0 Å². The highest BCUT2D eigenvalue weighted by Crippen LogP contribution is 2.12. The summed E-state index contributed by atoms with van der Waals surface area (Å²) in [5.74, 6) is 0. The van der Waals surface area contributed by atoms with E-state index in [1.165, 1.54) is 22.3 Å². The number of hydrogen-bond donors (Lipinski definition) is 0. The quantitative estimate of drug-likeness (QED) is 0.660. The molecule has 0 saturated carbocycles. The summed E-state index contributed by atoms with van der Waals surface area (Å²) in [7, 11) is 0. The summed E-state index contributed by atoms with van der Waals surface area (Å²) < 4.78 is 6.12. The number of rotatable bonds is 2. The maximum Gasteiger partial charge on any atom is 0.261 e. The normalized spacial score (nSPS) is 10.5. The smallest absolute Gasteiger partial charge is 0.261 e. The van der Waals surface area contributed by atoms with Gasteiger partial charge in [0.1, 0.15) is 6.29 Å². The first-order valence-corrected chi connectivity index (χ1v) is 4.48. The molecule has 0 unspecified atom stereocenters. The molecule has 2 aromatic rings. The van der Waals surface area contributed by atoms with Gasteiger partial charge in [0.05, 0.1) is 22.8 Å². The van der Waals surface area contributed by atoms with Crippen LogP contribution in [0.5, 0.6) is 0 Å². The summed E-state index contributed by atoms with van der Waals surface area (Å²) in [6.07, 6.45) is 3.84. The van der Waals surface area contributed by atoms with Crippen LogP contribution >= 0.6 is 11.5 Å². The molecule has 0 radical (unpaired) electrons. The summed E-state index contributed by atoms with van der Waals surface area (Å²) >= 11 is 1.28. The molecule has 66 valence electrons. The van der Waals surface area contributed by atoms with E-state index in [1.54, 1.807) is 12.3 Å². The summed E-state index contributed by atoms with van der Waals surface area (Å²) in [4.78, 5) is 21.8. The summed E-state index contributed by atoms with van der Waals surface area (Å²) in [6.45, 7) is 0.102. The monoisotopic (exact) mass is 194 g/mol. The van der Waals surface area contributed by atoms with Gasteiger partial charge >= 0.3 is 0 Å². The van der Waals surface area contributed by atoms with E-state index in [2.05, 4.69) is 4.37 Å². The van der Waals surface area contributed by atoms with Gasteiger partial charge in [0.15, 0.2) is 0 Å². The molecular formula is C8H6N2O2S. The van der Waals surface area contributed by atoms with Crippen LogP contribution in [0.2, 0.25) is 0 Å². The second-order valence-electron chi connectivity index (χ2n) is 2.54. The maximum absolute atomic E-state index is 11.6. The molecular weight excluding hydrogens is 188 g/mol. The Kier molecular flexibility index (Phi) is 1.94. The number of aromatic nitrogens is 2. The van der Waals surface area contributed by atoms with Crippen molar-refractivity contribution in [2.24, 2.45) is 0 Å². The van der Waals surface area contributed by atoms with Crippen molar-refractivity contribution in [1.29, 1.82) is 0 Å². The molecule has 2 heterocycles. The molecule has 0 atom stereocenters. The Labute approximate surface area is 77.6 Å². The molecule has 0 saturated heterocycles. The van der Waals surface area contributed by atoms with Crippen molar-refractivity contribution in [3.8, 4) is 0 Å². The van der Waals surface area contributed by atoms with Crippen molar-refractivity contribution in [3.05, 3.63) is 28.8 Å². The van der Waals surface area contributed by atoms with Crippen LogP contribution in [0.25, 0.3) is 10.1 Å². The average molecular weight is 194 g/mol. The van der Waals surface area contributed by atoms with Gasteiger partial charge in [-0.2, -0.15) is 4.37 Å². The Morgan fingerprint density at radius 1 is 1.62 bits per heavy atom. The molecule has 0 aromatic carbocycles. The molecule has 4 nitrogen and oxygen atoms in total. The Bertz CT molecular complexity index is 500. The van der Waals surface area contributed by atoms with E-state index < -0.39 is 0 Å². The number of hydrogen-bond acceptors (Lipinski definition) is 4. The van der Waals surface area contributed by atoms with Crippen LogP contribution in [0, 0.1) is 0 Å². The second kappa shape index (κ2) is 3.10. The first-order chi connectivity index (χ1) is 6.33. The van der Waals surface area contributed by atoms with Gasteiger partial charge in [0.2, 0.25) is 0 Å². The fraction of sp³-hybridized carbons (Fsp3) is 0.125. The molecule has 0 aliphatic heterocycles. The van der Waals surface area contributed by atoms with Crippen molar-refractivity contribution in [2.45, 2.75) is 6.54 Å². The highest BCUT2D eigenvalue weighted by atomic mass is 32.1. The third-order valence-electron chi connectivity index (χ3n) is 1.77. The van der Waals surface area contributed by atoms with Crippen molar-refractivity contribution in [1.82, 2.24) is 8.94 Å². The number of pyridine rings is 1. The van der Waals surface area contributed by atoms with Gasteiger partial charge in [-0.3, -0.25) is 4.79 Å². The van der Waals surface area contributed by atoms with Crippen molar-refractivity contribution in [3.63, 3.8) is 0 Å². The molecule has 2 rings (SSSR count). The predicted molar refractivity (Wildman–Crippen MR) is 49.9 cm³/mol. The van der Waals surface area contributed by atoms with E-state index in [-0.39, 0.29) is 12.1 Å². The molecule has 0 aliphatic rings. The zero-order valence-electron chi connectivity index (χ0n) is 6.64. The van der Waals surface area contributed by atoms with Crippen LogP contribution in [0.4, 0.5) is 0 Å². The SMILES string of the molecule is O=CCn1ccc2sncc2c1=O. The van der Waals surface area contributed by atoms with Gasteiger partial charge in [0.25, 0.3) is 5.56 Å². The van der Waals surface area contributed by atoms with Gasteiger partial charge in [-0.05, 0) is 17.6 Å². The van der Waals surface area contributed by atoms with E-state index in [1.807, 2.05) is 0 Å². The van der Waals surface area contributed by atoms with Gasteiger partial charge in [-0.15, -0.1) is 0 Å². The lowest BCUT2D eigenvalue weighted by Crippen LogP contribution is -2.19. The number of carbonyl (C=O) groups is 1. The Morgan fingerprint density at radius 3 is 3.23 bits per heavy atom. The van der Waals surface area contributed by atoms with Gasteiger partial charge in [-0.25, -0.2) is 0 Å². The van der Waals surface area contributed by atoms with Crippen LogP contribution in [-0.2, 0) is 11.3 Å². The van der Waals surface area contributed by atoms with Gasteiger partial charge in [0, 0.05) is 6.20 Å². The molecule has 0 bridgehead atoms. The minimum atomic E-state index is -0.154. The number of nitrogens with zero attached hydrogens (tertiary/aromatic N) is 2. The predicted octanol–water partition coefficient (Wildman–Crippen LogP) is 0.657. The van der Waals surface area contributed by atoms with Crippen LogP contribution < -0.4 is 5.56 Å². The molecule has 0 spiro atoms. The van der Waals surface area contributed by atoms with Crippen molar-refractivity contribution < 1.29 is 4.79 Å². The zero-order valence-corrected chi connectivity index (χ0v) is 7.45. The van der Waals surface area contributed by atoms with Crippen molar-refractivity contribution in [2.75, 3.05) is 0 Å². The maximum atomic E-state index is 11.6. The summed E-state index contributed by atoms with van der Waals surface area (Å²) in [6, 6.07) is 1.79. The minimum Gasteiger partial charge on any atom is -0.308 e. The fourth-order valence-corrected chi connectivity index (χ4v) is 1.77. The van der Waals surface area contributed by atoms with E-state index in [0.29, 0.717) is 11.7 Å². The molecule has 0 fully saturated rings. The summed E-state index contributed by atoms with van der Waals surface area (Å²) in [5.41, 5.74) is -0.154. The van der Waals surface area contributed by atoms with E-state index in [4.69, 9.17) is 0 Å². The highest BCUT2D eigenvalue weighted by Gasteiger charge is 2.03. The largest absolute Gasteiger partial charge is 0.308 e. The number of aldehydes is 1. The Morgan fingerprint density at radius 2 is 2.46 bits per heavy atom. The average Bonchev–Trinajstić information content (AvgIpc) is 2.58. The molecule has 0 N–H and O–H groups in total.